The summed E-state index contributed by atoms with van der Waals surface area (Å²) >= 11 is 0. The lowest BCUT2D eigenvalue weighted by molar-refractivity contribution is 1.11. The Balaban J connectivity index is 0.921. The number of benzene rings is 11. The maximum atomic E-state index is 5.65. The number of fused-ring (bicyclic) bond motifs is 12. The van der Waals surface area contributed by atoms with Crippen LogP contribution in [0.2, 0.25) is 0 Å². The van der Waals surface area contributed by atoms with Gasteiger partial charge in [-0.3, -0.25) is 4.57 Å². The van der Waals surface area contributed by atoms with Gasteiger partial charge in [-0.25, -0.2) is 9.97 Å². The van der Waals surface area contributed by atoms with Crippen molar-refractivity contribution < 1.29 is 0 Å². The molecule has 6 heteroatoms. The molecule has 0 amide bonds. The van der Waals surface area contributed by atoms with Crippen molar-refractivity contribution in [2.24, 2.45) is 0 Å². The smallest absolute Gasteiger partial charge is 0.162 e. The molecular formula is C70H44N6. The van der Waals surface area contributed by atoms with Gasteiger partial charge in [0, 0.05) is 71.6 Å². The van der Waals surface area contributed by atoms with E-state index in [1.807, 2.05) is 0 Å². The van der Waals surface area contributed by atoms with Crippen LogP contribution in [0.25, 0.3) is 144 Å². The van der Waals surface area contributed by atoms with Crippen LogP contribution in [-0.2, 0) is 0 Å². The number of hydrogen-bond donors (Lipinski definition) is 0. The number of rotatable bonds is 7. The Morgan fingerprint density at radius 1 is 0.224 bits per heavy atom. The van der Waals surface area contributed by atoms with Gasteiger partial charge in [0.25, 0.3) is 0 Å². The molecule has 0 saturated carbocycles. The minimum absolute atomic E-state index is 0.656. The van der Waals surface area contributed by atoms with Crippen LogP contribution in [0.5, 0.6) is 0 Å². The number of para-hydroxylation sites is 7. The van der Waals surface area contributed by atoms with Crippen molar-refractivity contribution in [3.63, 3.8) is 0 Å². The van der Waals surface area contributed by atoms with E-state index in [0.717, 1.165) is 72.6 Å². The van der Waals surface area contributed by atoms with Gasteiger partial charge < -0.3 is 13.7 Å². The Hall–Kier alpha value is -10.3. The first-order chi connectivity index (χ1) is 37.7. The van der Waals surface area contributed by atoms with Gasteiger partial charge in [0.15, 0.2) is 5.82 Å². The van der Waals surface area contributed by atoms with Crippen LogP contribution in [0, 0.1) is 0 Å². The van der Waals surface area contributed by atoms with E-state index >= 15 is 0 Å². The molecule has 0 aliphatic heterocycles. The van der Waals surface area contributed by atoms with Crippen molar-refractivity contribution >= 4 is 87.4 Å². The fourth-order valence-electron chi connectivity index (χ4n) is 12.2. The molecule has 0 bridgehead atoms. The summed E-state index contributed by atoms with van der Waals surface area (Å²) in [4.78, 5) is 11.3. The average Bonchev–Trinajstić information content (AvgIpc) is 4.27. The zero-order valence-electron chi connectivity index (χ0n) is 41.1. The first-order valence-corrected chi connectivity index (χ1v) is 25.9. The maximum absolute atomic E-state index is 5.65. The highest BCUT2D eigenvalue weighted by Gasteiger charge is 2.23. The lowest BCUT2D eigenvalue weighted by Gasteiger charge is -2.13. The van der Waals surface area contributed by atoms with Crippen LogP contribution in [0.1, 0.15) is 0 Å². The van der Waals surface area contributed by atoms with Gasteiger partial charge >= 0.3 is 0 Å². The van der Waals surface area contributed by atoms with Gasteiger partial charge in [0.2, 0.25) is 0 Å². The minimum Gasteiger partial charge on any atom is -0.309 e. The predicted octanol–water partition coefficient (Wildman–Crippen LogP) is 17.9. The molecule has 0 aliphatic carbocycles. The molecule has 0 atom stereocenters. The quantitative estimate of drug-likeness (QED) is 0.160. The lowest BCUT2D eigenvalue weighted by atomic mass is 9.99. The van der Waals surface area contributed by atoms with Gasteiger partial charge in [0.05, 0.1) is 49.7 Å². The second kappa shape index (κ2) is 16.6. The largest absolute Gasteiger partial charge is 0.309 e. The zero-order valence-corrected chi connectivity index (χ0v) is 41.1. The summed E-state index contributed by atoms with van der Waals surface area (Å²) in [6, 6.07) is 96.2. The first-order valence-electron chi connectivity index (χ1n) is 25.9. The summed E-state index contributed by atoms with van der Waals surface area (Å²) in [6.07, 6.45) is 0. The van der Waals surface area contributed by atoms with Crippen LogP contribution in [-0.4, -0.2) is 28.2 Å². The summed E-state index contributed by atoms with van der Waals surface area (Å²) in [7, 11) is 0. The van der Waals surface area contributed by atoms with E-state index in [1.165, 1.54) is 65.4 Å². The maximum Gasteiger partial charge on any atom is 0.162 e. The van der Waals surface area contributed by atoms with Crippen LogP contribution in [0.15, 0.2) is 267 Å². The topological polar surface area (TPSA) is 45.5 Å². The molecule has 0 spiro atoms. The van der Waals surface area contributed by atoms with E-state index in [9.17, 15) is 0 Å². The van der Waals surface area contributed by atoms with Crippen LogP contribution >= 0.6 is 0 Å². The number of nitrogens with zero attached hydrogens (tertiary/aromatic N) is 6. The average molecular weight is 969 g/mol. The summed E-state index contributed by atoms with van der Waals surface area (Å²) < 4.78 is 9.41. The van der Waals surface area contributed by atoms with Gasteiger partial charge in [-0.15, -0.1) is 0 Å². The lowest BCUT2D eigenvalue weighted by Crippen LogP contribution is -2.00. The Morgan fingerprint density at radius 3 is 1.01 bits per heavy atom. The van der Waals surface area contributed by atoms with E-state index in [-0.39, 0.29) is 0 Å². The van der Waals surface area contributed by atoms with Crippen molar-refractivity contribution in [1.82, 2.24) is 28.2 Å². The first kappa shape index (κ1) is 42.2. The normalized spacial score (nSPS) is 11.9. The highest BCUT2D eigenvalue weighted by atomic mass is 15.1. The number of aromatic nitrogens is 6. The SMILES string of the molecule is c1ccc(-n2c3ccccc3c3cc(-c4ccc5c(c4)c4c(-c6ccc(-n7c8ccccc8c8ccccc87)cc6)nc(-c6ccc(-n7c8ccccc8c8ccccc87)cc6)nc4n5-c4ccccc4)ccc32)cc1. The molecule has 5 aromatic heterocycles. The second-order valence-electron chi connectivity index (χ2n) is 19.8. The van der Waals surface area contributed by atoms with Crippen LogP contribution < -0.4 is 0 Å². The van der Waals surface area contributed by atoms with Crippen molar-refractivity contribution in [3.05, 3.63) is 267 Å². The second-order valence-corrected chi connectivity index (χ2v) is 19.8. The molecule has 0 aliphatic rings. The molecule has 0 fully saturated rings. The van der Waals surface area contributed by atoms with Crippen molar-refractivity contribution in [2.75, 3.05) is 0 Å². The molecule has 354 valence electrons. The highest BCUT2D eigenvalue weighted by molar-refractivity contribution is 6.16. The third-order valence-electron chi connectivity index (χ3n) is 15.6. The van der Waals surface area contributed by atoms with Gasteiger partial charge in [-0.2, -0.15) is 0 Å². The molecule has 16 rings (SSSR count). The van der Waals surface area contributed by atoms with Gasteiger partial charge in [-0.05, 0) is 126 Å². The molecular weight excluding hydrogens is 925 g/mol. The van der Waals surface area contributed by atoms with E-state index in [1.54, 1.807) is 0 Å². The predicted molar refractivity (Wildman–Crippen MR) is 316 cm³/mol. The summed E-state index contributed by atoms with van der Waals surface area (Å²) in [6.45, 7) is 0. The molecule has 6 nitrogen and oxygen atoms in total. The molecule has 76 heavy (non-hydrogen) atoms. The summed E-state index contributed by atoms with van der Waals surface area (Å²) in [5.74, 6) is 0.656. The Labute approximate surface area is 436 Å². The standard InChI is InChI=1S/C70H44N6/c1-3-17-49(18-4-1)73-64-30-16-11-25-57(64)58-43-47(35-41-65(58)73)48-36-42-66-59(44-48)67-68(45-31-37-51(38-32-45)74-60-26-12-7-21-53(60)54-22-8-13-27-61(54)74)71-69(72-70(67)76(66)50-19-5-2-6-20-50)46-33-39-52(40-34-46)75-62-28-14-9-23-55(62)56-24-10-15-29-63(56)75/h1-44H. The number of hydrogen-bond acceptors (Lipinski definition) is 2. The van der Waals surface area contributed by atoms with E-state index in [0.29, 0.717) is 5.82 Å². The molecule has 0 N–H and O–H groups in total. The molecule has 0 unspecified atom stereocenters. The Kier molecular flexibility index (Phi) is 9.23. The fraction of sp³-hybridized carbons (Fsp3) is 0. The highest BCUT2D eigenvalue weighted by Crippen LogP contribution is 2.43. The van der Waals surface area contributed by atoms with Crippen molar-refractivity contribution in [2.45, 2.75) is 0 Å². The minimum atomic E-state index is 0.656. The third-order valence-corrected chi connectivity index (χ3v) is 15.6. The van der Waals surface area contributed by atoms with Gasteiger partial charge in [0.1, 0.15) is 5.65 Å². The molecule has 0 saturated heterocycles. The summed E-state index contributed by atoms with van der Waals surface area (Å²) in [5.41, 5.74) is 18.4. The van der Waals surface area contributed by atoms with E-state index < -0.39 is 0 Å². The van der Waals surface area contributed by atoms with Gasteiger partial charge in [-0.1, -0.05) is 152 Å². The zero-order chi connectivity index (χ0) is 49.8. The molecule has 11 aromatic carbocycles. The monoisotopic (exact) mass is 968 g/mol. The van der Waals surface area contributed by atoms with Crippen molar-refractivity contribution in [3.8, 4) is 56.5 Å². The van der Waals surface area contributed by atoms with E-state index in [4.69, 9.17) is 9.97 Å². The molecule has 5 heterocycles. The molecule has 16 aromatic rings. The van der Waals surface area contributed by atoms with Crippen molar-refractivity contribution in [1.29, 1.82) is 0 Å². The van der Waals surface area contributed by atoms with Crippen LogP contribution in [0.3, 0.4) is 0 Å². The fourth-order valence-corrected chi connectivity index (χ4v) is 12.2. The van der Waals surface area contributed by atoms with Crippen LogP contribution in [0.4, 0.5) is 0 Å². The third kappa shape index (κ3) is 6.34. The Bertz CT molecular complexity index is 4850. The summed E-state index contributed by atoms with van der Waals surface area (Å²) in [5, 5.41) is 9.45. The Morgan fingerprint density at radius 2 is 0.553 bits per heavy atom. The molecule has 0 radical (unpaired) electrons. The van der Waals surface area contributed by atoms with E-state index in [2.05, 4.69) is 285 Å².